The van der Waals surface area contributed by atoms with Crippen molar-refractivity contribution in [2.24, 2.45) is 5.92 Å². The maximum absolute atomic E-state index is 11.7. The van der Waals surface area contributed by atoms with Crippen molar-refractivity contribution in [1.82, 2.24) is 15.1 Å². The average Bonchev–Trinajstić information content (AvgIpc) is 2.87. The van der Waals surface area contributed by atoms with Crippen LogP contribution in [0.1, 0.15) is 17.8 Å². The molecule has 1 aliphatic rings. The van der Waals surface area contributed by atoms with Crippen molar-refractivity contribution in [1.29, 1.82) is 0 Å². The molecule has 1 fully saturated rings. The Labute approximate surface area is 101 Å². The number of carbonyl (C=O) groups excluding carboxylic acids is 1. The van der Waals surface area contributed by atoms with Gasteiger partial charge in [0.15, 0.2) is 0 Å². The second-order valence-electron chi connectivity index (χ2n) is 4.62. The van der Waals surface area contributed by atoms with E-state index in [4.69, 9.17) is 4.74 Å². The topological polar surface area (TPSA) is 56.2 Å². The van der Waals surface area contributed by atoms with E-state index >= 15 is 0 Å². The van der Waals surface area contributed by atoms with Crippen molar-refractivity contribution in [2.45, 2.75) is 26.8 Å². The molecule has 0 bridgehead atoms. The molecule has 2 heterocycles. The van der Waals surface area contributed by atoms with Crippen LogP contribution in [0.5, 0.6) is 0 Å². The molecule has 1 N–H and O–H groups in total. The Morgan fingerprint density at radius 3 is 3.06 bits per heavy atom. The molecule has 1 aromatic heterocycles. The summed E-state index contributed by atoms with van der Waals surface area (Å²) < 4.78 is 6.99. The number of nitrogens with one attached hydrogen (secondary N) is 1. The summed E-state index contributed by atoms with van der Waals surface area (Å²) in [4.78, 5) is 11.7. The van der Waals surface area contributed by atoms with Crippen LogP contribution in [0, 0.1) is 19.8 Å². The van der Waals surface area contributed by atoms with Crippen LogP contribution >= 0.6 is 0 Å². The van der Waals surface area contributed by atoms with Crippen molar-refractivity contribution in [3.63, 3.8) is 0 Å². The van der Waals surface area contributed by atoms with Crippen LogP contribution < -0.4 is 5.32 Å². The Bertz CT molecular complexity index is 394. The highest BCUT2D eigenvalue weighted by Crippen LogP contribution is 2.10. The Kier molecular flexibility index (Phi) is 3.78. The number of hydrogen-bond acceptors (Lipinski definition) is 3. The molecule has 1 saturated heterocycles. The second-order valence-corrected chi connectivity index (χ2v) is 4.62. The monoisotopic (exact) mass is 237 g/mol. The summed E-state index contributed by atoms with van der Waals surface area (Å²) in [6.07, 6.45) is 1.04. The molecular formula is C12H19N3O2. The summed E-state index contributed by atoms with van der Waals surface area (Å²) in [6.45, 7) is 6.47. The predicted molar refractivity (Wildman–Crippen MR) is 63.6 cm³/mol. The van der Waals surface area contributed by atoms with E-state index in [0.717, 1.165) is 31.0 Å². The molecule has 1 aliphatic heterocycles. The predicted octanol–water partition coefficient (Wildman–Crippen LogP) is 0.653. The number of amides is 1. The van der Waals surface area contributed by atoms with Gasteiger partial charge in [-0.05, 0) is 26.3 Å². The first kappa shape index (κ1) is 12.1. The molecule has 5 nitrogen and oxygen atoms in total. The molecule has 1 amide bonds. The molecule has 17 heavy (non-hydrogen) atoms. The zero-order valence-electron chi connectivity index (χ0n) is 10.4. The van der Waals surface area contributed by atoms with Crippen LogP contribution in [0.4, 0.5) is 0 Å². The number of hydrogen-bond donors (Lipinski definition) is 1. The van der Waals surface area contributed by atoms with Crippen LogP contribution in [0.25, 0.3) is 0 Å². The van der Waals surface area contributed by atoms with Gasteiger partial charge in [-0.15, -0.1) is 0 Å². The Balaban J connectivity index is 1.78. The molecule has 0 spiro atoms. The zero-order valence-corrected chi connectivity index (χ0v) is 10.4. The summed E-state index contributed by atoms with van der Waals surface area (Å²) in [5, 5.41) is 7.19. The average molecular weight is 237 g/mol. The molecule has 5 heteroatoms. The minimum absolute atomic E-state index is 0.0168. The number of carbonyl (C=O) groups is 1. The van der Waals surface area contributed by atoms with Gasteiger partial charge >= 0.3 is 0 Å². The van der Waals surface area contributed by atoms with Crippen LogP contribution in [-0.2, 0) is 16.1 Å². The van der Waals surface area contributed by atoms with Gasteiger partial charge in [0, 0.05) is 24.8 Å². The molecule has 0 saturated carbocycles. The first-order valence-corrected chi connectivity index (χ1v) is 6.00. The van der Waals surface area contributed by atoms with E-state index in [1.807, 2.05) is 19.9 Å². The highest BCUT2D eigenvalue weighted by Gasteiger charge is 2.16. The molecule has 0 radical (unpaired) electrons. The first-order valence-electron chi connectivity index (χ1n) is 6.00. The lowest BCUT2D eigenvalue weighted by Crippen LogP contribution is -2.32. The summed E-state index contributed by atoms with van der Waals surface area (Å²) in [7, 11) is 0. The smallest absolute Gasteiger partial charge is 0.241 e. The van der Waals surface area contributed by atoms with Crippen molar-refractivity contribution in [2.75, 3.05) is 19.8 Å². The quantitative estimate of drug-likeness (QED) is 0.836. The third kappa shape index (κ3) is 3.30. The summed E-state index contributed by atoms with van der Waals surface area (Å²) in [6, 6.07) is 1.97. The molecule has 0 unspecified atom stereocenters. The molecule has 2 rings (SSSR count). The third-order valence-electron chi connectivity index (χ3n) is 3.01. The highest BCUT2D eigenvalue weighted by atomic mass is 16.5. The van der Waals surface area contributed by atoms with Crippen molar-refractivity contribution in [3.05, 3.63) is 17.5 Å². The fourth-order valence-electron chi connectivity index (χ4n) is 2.03. The molecule has 94 valence electrons. The molecule has 0 aliphatic carbocycles. The van der Waals surface area contributed by atoms with Crippen LogP contribution in [0.2, 0.25) is 0 Å². The number of rotatable bonds is 4. The van der Waals surface area contributed by atoms with E-state index in [-0.39, 0.29) is 5.91 Å². The van der Waals surface area contributed by atoms with Gasteiger partial charge in [0.25, 0.3) is 0 Å². The van der Waals surface area contributed by atoms with Gasteiger partial charge in [-0.3, -0.25) is 9.48 Å². The lowest BCUT2D eigenvalue weighted by molar-refractivity contribution is -0.122. The van der Waals surface area contributed by atoms with E-state index in [0.29, 0.717) is 19.0 Å². The minimum Gasteiger partial charge on any atom is -0.381 e. The Hall–Kier alpha value is -1.36. The van der Waals surface area contributed by atoms with Gasteiger partial charge in [0.2, 0.25) is 5.91 Å². The zero-order chi connectivity index (χ0) is 12.3. The van der Waals surface area contributed by atoms with E-state index in [1.165, 1.54) is 0 Å². The third-order valence-corrected chi connectivity index (χ3v) is 3.01. The fourth-order valence-corrected chi connectivity index (χ4v) is 2.03. The van der Waals surface area contributed by atoms with Gasteiger partial charge in [-0.25, -0.2) is 0 Å². The van der Waals surface area contributed by atoms with E-state index in [9.17, 15) is 4.79 Å². The maximum Gasteiger partial charge on any atom is 0.241 e. The number of aryl methyl sites for hydroxylation is 2. The van der Waals surface area contributed by atoms with E-state index in [1.54, 1.807) is 4.68 Å². The van der Waals surface area contributed by atoms with Gasteiger partial charge in [0.1, 0.15) is 6.54 Å². The Morgan fingerprint density at radius 2 is 2.47 bits per heavy atom. The lowest BCUT2D eigenvalue weighted by atomic mass is 10.1. The maximum atomic E-state index is 11.7. The Morgan fingerprint density at radius 1 is 1.65 bits per heavy atom. The standard InChI is InChI=1S/C12H19N3O2/c1-9-5-10(2)15(14-9)7-12(16)13-6-11-3-4-17-8-11/h5,11H,3-4,6-8H2,1-2H3,(H,13,16)/t11-/m1/s1. The van der Waals surface area contributed by atoms with Gasteiger partial charge in [-0.1, -0.05) is 0 Å². The summed E-state index contributed by atoms with van der Waals surface area (Å²) in [5.41, 5.74) is 1.96. The van der Waals surface area contributed by atoms with E-state index in [2.05, 4.69) is 10.4 Å². The summed E-state index contributed by atoms with van der Waals surface area (Å²) in [5.74, 6) is 0.488. The number of aromatic nitrogens is 2. The minimum atomic E-state index is 0.0168. The SMILES string of the molecule is Cc1cc(C)n(CC(=O)NC[C@H]2CCOC2)n1. The van der Waals surface area contributed by atoms with Crippen LogP contribution in [0.3, 0.4) is 0 Å². The summed E-state index contributed by atoms with van der Waals surface area (Å²) >= 11 is 0. The highest BCUT2D eigenvalue weighted by molar-refractivity contribution is 5.75. The molecular weight excluding hydrogens is 218 g/mol. The lowest BCUT2D eigenvalue weighted by Gasteiger charge is -2.10. The van der Waals surface area contributed by atoms with Crippen molar-refractivity contribution in [3.8, 4) is 0 Å². The van der Waals surface area contributed by atoms with Crippen LogP contribution in [-0.4, -0.2) is 35.4 Å². The van der Waals surface area contributed by atoms with E-state index < -0.39 is 0 Å². The van der Waals surface area contributed by atoms with Crippen LogP contribution in [0.15, 0.2) is 6.07 Å². The number of ether oxygens (including phenoxy) is 1. The number of nitrogens with zero attached hydrogens (tertiary/aromatic N) is 2. The first-order chi connectivity index (χ1) is 8.15. The molecule has 1 atom stereocenters. The van der Waals surface area contributed by atoms with Crippen molar-refractivity contribution < 1.29 is 9.53 Å². The van der Waals surface area contributed by atoms with Crippen molar-refractivity contribution >= 4 is 5.91 Å². The van der Waals surface area contributed by atoms with Gasteiger partial charge in [-0.2, -0.15) is 5.10 Å². The van der Waals surface area contributed by atoms with Gasteiger partial charge in [0.05, 0.1) is 12.3 Å². The largest absolute Gasteiger partial charge is 0.381 e. The van der Waals surface area contributed by atoms with Gasteiger partial charge < -0.3 is 10.1 Å². The molecule has 1 aromatic rings. The fraction of sp³-hybridized carbons (Fsp3) is 0.667. The molecule has 0 aromatic carbocycles. The normalized spacial score (nSPS) is 19.5. The second kappa shape index (κ2) is 5.31.